The van der Waals surface area contributed by atoms with E-state index in [1.807, 2.05) is 0 Å². The van der Waals surface area contributed by atoms with E-state index in [2.05, 4.69) is 26.6 Å². The highest BCUT2D eigenvalue weighted by Crippen LogP contribution is 2.52. The predicted octanol–water partition coefficient (Wildman–Crippen LogP) is 3.23. The van der Waals surface area contributed by atoms with E-state index in [4.69, 9.17) is 32.4 Å². The molecule has 0 bridgehead atoms. The fourth-order valence-corrected chi connectivity index (χ4v) is 7.62. The summed E-state index contributed by atoms with van der Waals surface area (Å²) in [6.45, 7) is 12.9. The van der Waals surface area contributed by atoms with Crippen LogP contribution in [0.25, 0.3) is 0 Å². The Bertz CT molecular complexity index is 331. The highest BCUT2D eigenvalue weighted by atomic mass is 31.2. The molecule has 0 N–H and O–H groups in total. The number of rotatable bonds is 16. The van der Waals surface area contributed by atoms with Crippen LogP contribution < -0.4 is 0 Å². The number of methoxy groups -OCH3 is 2. The van der Waals surface area contributed by atoms with Gasteiger partial charge in [0.15, 0.2) is 8.24 Å². The summed E-state index contributed by atoms with van der Waals surface area (Å²) in [7, 11) is -0.607. The molecule has 0 atom stereocenters. The van der Waals surface area contributed by atoms with Crippen molar-refractivity contribution in [2.45, 2.75) is 26.6 Å². The Morgan fingerprint density at radius 2 is 1.12 bits per heavy atom. The Kier molecular flexibility index (Phi) is 14.5. The second-order valence-corrected chi connectivity index (χ2v) is 13.7. The summed E-state index contributed by atoms with van der Waals surface area (Å²) in [6.07, 6.45) is 0.757. The van der Waals surface area contributed by atoms with Crippen LogP contribution in [0.1, 0.15) is 6.92 Å². The van der Waals surface area contributed by atoms with Crippen molar-refractivity contribution in [3.8, 4) is 0 Å². The molecule has 0 aromatic rings. The van der Waals surface area contributed by atoms with Crippen LogP contribution in [0, 0.1) is 0 Å². The van der Waals surface area contributed by atoms with Crippen molar-refractivity contribution in [3.05, 3.63) is 0 Å². The van der Waals surface area contributed by atoms with E-state index in [0.717, 1.165) is 6.16 Å². The van der Waals surface area contributed by atoms with Crippen molar-refractivity contribution < 1.29 is 28.0 Å². The van der Waals surface area contributed by atoms with Crippen molar-refractivity contribution in [2.24, 2.45) is 4.41 Å². The van der Waals surface area contributed by atoms with Crippen molar-refractivity contribution in [3.63, 3.8) is 0 Å². The normalized spacial score (nSPS) is 12.6. The summed E-state index contributed by atoms with van der Waals surface area (Å²) in [4.78, 5) is 0. The Hall–Kier alpha value is 0.207. The molecule has 0 fully saturated rings. The topological polar surface area (TPSA) is 67.7 Å². The zero-order chi connectivity index (χ0) is 18.3. The van der Waals surface area contributed by atoms with Crippen LogP contribution in [-0.2, 0) is 28.0 Å². The molecule has 0 aliphatic heterocycles. The van der Waals surface area contributed by atoms with E-state index in [0.29, 0.717) is 52.9 Å². The highest BCUT2D eigenvalue weighted by molar-refractivity contribution is 7.57. The van der Waals surface area contributed by atoms with E-state index in [-0.39, 0.29) is 0 Å². The lowest BCUT2D eigenvalue weighted by Gasteiger charge is -2.27. The molecule has 0 saturated heterocycles. The van der Waals surface area contributed by atoms with E-state index < -0.39 is 15.7 Å². The maximum Gasteiger partial charge on any atom is 0.203 e. The molecular formula is C15H36NO6PSi. The fourth-order valence-electron chi connectivity index (χ4n) is 1.77. The first kappa shape index (κ1) is 24.2. The molecule has 7 nitrogen and oxygen atoms in total. The maximum absolute atomic E-state index is 6.07. The molecule has 0 rings (SSSR count). The largest absolute Gasteiger partial charge is 0.382 e. The average Bonchev–Trinajstić information content (AvgIpc) is 2.52. The Morgan fingerprint density at radius 3 is 1.46 bits per heavy atom. The summed E-state index contributed by atoms with van der Waals surface area (Å²) in [5.41, 5.74) is 0. The molecule has 0 amide bonds. The monoisotopic (exact) mass is 385 g/mol. The van der Waals surface area contributed by atoms with Gasteiger partial charge < -0.3 is 28.0 Å². The van der Waals surface area contributed by atoms with E-state index >= 15 is 0 Å². The minimum atomic E-state index is -2.25. The van der Waals surface area contributed by atoms with Gasteiger partial charge in [-0.15, -0.1) is 0 Å². The van der Waals surface area contributed by atoms with Crippen LogP contribution in [0.15, 0.2) is 4.41 Å². The molecule has 0 saturated carbocycles. The molecule has 0 heterocycles. The number of nitrogens with zero attached hydrogens (tertiary/aromatic N) is 1. The van der Waals surface area contributed by atoms with Gasteiger partial charge in [-0.2, -0.15) is 0 Å². The van der Waals surface area contributed by atoms with Gasteiger partial charge in [0.05, 0.1) is 52.9 Å². The molecule has 9 heteroatoms. The molecule has 0 aromatic heterocycles. The van der Waals surface area contributed by atoms with E-state index in [9.17, 15) is 0 Å². The third kappa shape index (κ3) is 13.5. The molecule has 0 aromatic carbocycles. The van der Waals surface area contributed by atoms with E-state index in [1.165, 1.54) is 0 Å². The van der Waals surface area contributed by atoms with Crippen molar-refractivity contribution in [1.82, 2.24) is 0 Å². The van der Waals surface area contributed by atoms with Crippen LogP contribution in [0.2, 0.25) is 19.6 Å². The second-order valence-electron chi connectivity index (χ2n) is 6.10. The Labute approximate surface area is 148 Å². The maximum atomic E-state index is 6.07. The SMILES string of the molecule is CCP(=N[Si](C)(C)C)(OCCOCCOC)OCCOCCOC. The quantitative estimate of drug-likeness (QED) is 0.231. The predicted molar refractivity (Wildman–Crippen MR) is 101 cm³/mol. The number of ether oxygens (including phenoxy) is 4. The van der Waals surface area contributed by atoms with Gasteiger partial charge in [0.25, 0.3) is 0 Å². The van der Waals surface area contributed by atoms with Gasteiger partial charge >= 0.3 is 0 Å². The summed E-state index contributed by atoms with van der Waals surface area (Å²) < 4.78 is 37.9. The van der Waals surface area contributed by atoms with Crippen LogP contribution in [0.5, 0.6) is 0 Å². The van der Waals surface area contributed by atoms with E-state index in [1.54, 1.807) is 14.2 Å². The fraction of sp³-hybridized carbons (Fsp3) is 1.00. The molecule has 0 aliphatic rings. The molecule has 0 spiro atoms. The van der Waals surface area contributed by atoms with Gasteiger partial charge in [0.1, 0.15) is 0 Å². The van der Waals surface area contributed by atoms with Crippen molar-refractivity contribution in [1.29, 1.82) is 0 Å². The van der Waals surface area contributed by atoms with Gasteiger partial charge in [-0.1, -0.05) is 6.92 Å². The second kappa shape index (κ2) is 14.4. The van der Waals surface area contributed by atoms with Crippen LogP contribution in [-0.4, -0.2) is 81.5 Å². The lowest BCUT2D eigenvalue weighted by Crippen LogP contribution is -2.19. The van der Waals surface area contributed by atoms with Crippen LogP contribution >= 0.6 is 7.51 Å². The molecule has 0 aliphatic carbocycles. The van der Waals surface area contributed by atoms with Crippen LogP contribution in [0.3, 0.4) is 0 Å². The van der Waals surface area contributed by atoms with Gasteiger partial charge in [-0.25, -0.2) is 0 Å². The lowest BCUT2D eigenvalue weighted by atomic mass is 10.7. The minimum absolute atomic E-state index is 0.476. The Balaban J connectivity index is 4.46. The molecule has 0 radical (unpaired) electrons. The third-order valence-electron chi connectivity index (χ3n) is 2.76. The van der Waals surface area contributed by atoms with Gasteiger partial charge in [-0.05, 0) is 19.6 Å². The third-order valence-corrected chi connectivity index (χ3v) is 8.35. The number of hydrogen-bond donors (Lipinski definition) is 0. The van der Waals surface area contributed by atoms with Gasteiger partial charge in [-0.3, -0.25) is 4.41 Å². The molecular weight excluding hydrogens is 349 g/mol. The molecule has 146 valence electrons. The summed E-state index contributed by atoms with van der Waals surface area (Å²) in [5.74, 6) is 0. The Morgan fingerprint density at radius 1 is 0.708 bits per heavy atom. The number of hydrogen-bond acceptors (Lipinski definition) is 7. The van der Waals surface area contributed by atoms with Gasteiger partial charge in [0.2, 0.25) is 7.51 Å². The molecule has 0 unspecified atom stereocenters. The zero-order valence-corrected chi connectivity index (χ0v) is 18.1. The summed E-state index contributed by atoms with van der Waals surface area (Å²) in [6, 6.07) is 0. The van der Waals surface area contributed by atoms with Crippen LogP contribution in [0.4, 0.5) is 0 Å². The molecule has 24 heavy (non-hydrogen) atoms. The average molecular weight is 386 g/mol. The van der Waals surface area contributed by atoms with Crippen molar-refractivity contribution >= 4 is 15.7 Å². The standard InChI is InChI=1S/C15H36NO6PSi/c1-7-23(16-24(4,5)6,21-14-12-19-10-8-17-2)22-15-13-20-11-9-18-3/h7-15H2,1-6H3. The highest BCUT2D eigenvalue weighted by Gasteiger charge is 2.24. The first-order valence-corrected chi connectivity index (χ1v) is 13.6. The lowest BCUT2D eigenvalue weighted by molar-refractivity contribution is 0.0443. The smallest absolute Gasteiger partial charge is 0.203 e. The van der Waals surface area contributed by atoms with Gasteiger partial charge in [0, 0.05) is 20.4 Å². The summed E-state index contributed by atoms with van der Waals surface area (Å²) >= 11 is 0. The minimum Gasteiger partial charge on any atom is -0.382 e. The first-order valence-electron chi connectivity index (χ1n) is 8.44. The van der Waals surface area contributed by atoms with Crippen molar-refractivity contribution in [2.75, 3.05) is 73.2 Å². The summed E-state index contributed by atoms with van der Waals surface area (Å²) in [5, 5.41) is 0. The first-order chi connectivity index (χ1) is 11.4. The zero-order valence-electron chi connectivity index (χ0n) is 16.2.